The van der Waals surface area contributed by atoms with Crippen molar-refractivity contribution in [2.24, 2.45) is 0 Å². The molecule has 0 saturated heterocycles. The van der Waals surface area contributed by atoms with Gasteiger partial charge in [0.1, 0.15) is 0 Å². The number of aromatic nitrogens is 1. The number of rotatable bonds is 5. The molecule has 20 heavy (non-hydrogen) atoms. The number of nitrogens with zero attached hydrogens (tertiary/aromatic N) is 2. The minimum absolute atomic E-state index is 0.0881. The molecule has 1 amide bonds. The van der Waals surface area contributed by atoms with Gasteiger partial charge in [-0.05, 0) is 12.0 Å². The van der Waals surface area contributed by atoms with Crippen molar-refractivity contribution in [3.8, 4) is 0 Å². The highest BCUT2D eigenvalue weighted by atomic mass is 32.1. The predicted molar refractivity (Wildman–Crippen MR) is 76.2 cm³/mol. The highest BCUT2D eigenvalue weighted by Gasteiger charge is 2.17. The Morgan fingerprint density at radius 3 is 2.60 bits per heavy atom. The van der Waals surface area contributed by atoms with Gasteiger partial charge in [0.25, 0.3) is 5.91 Å². The fraction of sp³-hybridized carbons (Fsp3) is 0.214. The van der Waals surface area contributed by atoms with Gasteiger partial charge in [-0.15, -0.1) is 11.3 Å². The Kier molecular flexibility index (Phi) is 4.47. The zero-order valence-corrected chi connectivity index (χ0v) is 11.8. The minimum atomic E-state index is -1.12. The fourth-order valence-electron chi connectivity index (χ4n) is 1.68. The maximum Gasteiger partial charge on any atom is 0.355 e. The number of carbonyl (C=O) groups is 2. The summed E-state index contributed by atoms with van der Waals surface area (Å²) in [5, 5.41) is 10.4. The van der Waals surface area contributed by atoms with E-state index in [1.54, 1.807) is 11.9 Å². The number of amides is 1. The van der Waals surface area contributed by atoms with Crippen molar-refractivity contribution < 1.29 is 14.7 Å². The van der Waals surface area contributed by atoms with Gasteiger partial charge in [0.15, 0.2) is 10.7 Å². The van der Waals surface area contributed by atoms with E-state index in [0.717, 1.165) is 23.3 Å². The zero-order chi connectivity index (χ0) is 14.5. The Morgan fingerprint density at radius 2 is 2.00 bits per heavy atom. The molecule has 0 atom stereocenters. The normalized spacial score (nSPS) is 10.2. The Labute approximate surface area is 120 Å². The molecule has 2 aromatic rings. The molecule has 0 spiro atoms. The summed E-state index contributed by atoms with van der Waals surface area (Å²) in [4.78, 5) is 28.2. The van der Waals surface area contributed by atoms with Crippen molar-refractivity contribution in [2.45, 2.75) is 6.42 Å². The van der Waals surface area contributed by atoms with Gasteiger partial charge in [-0.25, -0.2) is 9.78 Å². The molecule has 0 saturated carbocycles. The Bertz CT molecular complexity index is 610. The third kappa shape index (κ3) is 3.42. The van der Waals surface area contributed by atoms with Crippen LogP contribution in [0.5, 0.6) is 0 Å². The highest BCUT2D eigenvalue weighted by Crippen LogP contribution is 2.12. The number of likely N-dealkylation sites (N-methyl/N-ethyl adjacent to an activating group) is 1. The molecule has 0 aliphatic carbocycles. The Balaban J connectivity index is 1.96. The van der Waals surface area contributed by atoms with Crippen LogP contribution in [0.25, 0.3) is 0 Å². The minimum Gasteiger partial charge on any atom is -0.476 e. The topological polar surface area (TPSA) is 70.5 Å². The molecular formula is C14H14N2O3S. The van der Waals surface area contributed by atoms with Gasteiger partial charge in [-0.1, -0.05) is 30.3 Å². The number of thiazole rings is 1. The van der Waals surface area contributed by atoms with Crippen LogP contribution in [0.1, 0.15) is 25.9 Å². The third-order valence-corrected chi connectivity index (χ3v) is 3.66. The summed E-state index contributed by atoms with van der Waals surface area (Å²) in [6.45, 7) is 0.560. The number of carboxylic acid groups (broad SMARTS) is 1. The number of carbonyl (C=O) groups excluding carboxylic acids is 1. The molecule has 0 bridgehead atoms. The van der Waals surface area contributed by atoms with E-state index in [2.05, 4.69) is 4.98 Å². The van der Waals surface area contributed by atoms with E-state index in [-0.39, 0.29) is 16.6 Å². The summed E-state index contributed by atoms with van der Waals surface area (Å²) in [6, 6.07) is 9.87. The maximum atomic E-state index is 12.1. The molecular weight excluding hydrogens is 276 g/mol. The molecule has 1 aromatic heterocycles. The first-order valence-corrected chi connectivity index (χ1v) is 6.94. The van der Waals surface area contributed by atoms with Crippen LogP contribution >= 0.6 is 11.3 Å². The van der Waals surface area contributed by atoms with Crippen molar-refractivity contribution >= 4 is 23.2 Å². The maximum absolute atomic E-state index is 12.1. The number of hydrogen-bond acceptors (Lipinski definition) is 4. The average molecular weight is 290 g/mol. The lowest BCUT2D eigenvalue weighted by molar-refractivity contribution is 0.0691. The quantitative estimate of drug-likeness (QED) is 0.916. The van der Waals surface area contributed by atoms with Crippen molar-refractivity contribution in [3.05, 3.63) is 52.0 Å². The van der Waals surface area contributed by atoms with E-state index in [1.807, 2.05) is 30.3 Å². The molecule has 104 valence electrons. The second-order valence-electron chi connectivity index (χ2n) is 4.31. The van der Waals surface area contributed by atoms with Crippen LogP contribution in [-0.2, 0) is 6.42 Å². The summed E-state index contributed by atoms with van der Waals surface area (Å²) < 4.78 is 0. The number of hydrogen-bond donors (Lipinski definition) is 1. The second-order valence-corrected chi connectivity index (χ2v) is 5.16. The van der Waals surface area contributed by atoms with Crippen molar-refractivity contribution in [1.82, 2.24) is 9.88 Å². The van der Waals surface area contributed by atoms with Crippen LogP contribution in [0.2, 0.25) is 0 Å². The molecule has 2 rings (SSSR count). The lowest BCUT2D eigenvalue weighted by Crippen LogP contribution is -2.28. The summed E-state index contributed by atoms with van der Waals surface area (Å²) in [5.74, 6) is -1.37. The van der Waals surface area contributed by atoms with Crippen LogP contribution in [0, 0.1) is 0 Å². The van der Waals surface area contributed by atoms with Gasteiger partial charge >= 0.3 is 5.97 Å². The second kappa shape index (κ2) is 6.29. The Hall–Kier alpha value is -2.21. The highest BCUT2D eigenvalue weighted by molar-refractivity contribution is 7.11. The van der Waals surface area contributed by atoms with Crippen LogP contribution < -0.4 is 0 Å². The molecule has 1 N–H and O–H groups in total. The molecule has 0 aliphatic heterocycles. The molecule has 0 radical (unpaired) electrons. The fourth-order valence-corrected chi connectivity index (χ4v) is 2.46. The monoisotopic (exact) mass is 290 g/mol. The lowest BCUT2D eigenvalue weighted by Gasteiger charge is -2.15. The largest absolute Gasteiger partial charge is 0.476 e. The van der Waals surface area contributed by atoms with Gasteiger partial charge in [-0.3, -0.25) is 4.79 Å². The van der Waals surface area contributed by atoms with E-state index < -0.39 is 5.97 Å². The molecule has 6 heteroatoms. The van der Waals surface area contributed by atoms with Crippen LogP contribution in [0.4, 0.5) is 0 Å². The van der Waals surface area contributed by atoms with Gasteiger partial charge in [0, 0.05) is 19.0 Å². The zero-order valence-electron chi connectivity index (χ0n) is 10.9. The van der Waals surface area contributed by atoms with Crippen LogP contribution in [0.3, 0.4) is 0 Å². The number of aromatic carboxylic acids is 1. The van der Waals surface area contributed by atoms with E-state index in [4.69, 9.17) is 5.11 Å². The third-order valence-electron chi connectivity index (χ3n) is 2.83. The van der Waals surface area contributed by atoms with Crippen LogP contribution in [-0.4, -0.2) is 40.5 Å². The van der Waals surface area contributed by atoms with Crippen molar-refractivity contribution in [3.63, 3.8) is 0 Å². The first-order valence-electron chi connectivity index (χ1n) is 6.06. The molecule has 5 nitrogen and oxygen atoms in total. The molecule has 0 fully saturated rings. The van der Waals surface area contributed by atoms with E-state index in [1.165, 1.54) is 5.38 Å². The SMILES string of the molecule is CN(CCc1ccccc1)C(=O)c1nc(C(=O)O)cs1. The van der Waals surface area contributed by atoms with Crippen LogP contribution in [0.15, 0.2) is 35.7 Å². The summed E-state index contributed by atoms with van der Waals surface area (Å²) in [5.41, 5.74) is 1.06. The molecule has 0 aliphatic rings. The molecule has 1 aromatic carbocycles. The van der Waals surface area contributed by atoms with Gasteiger partial charge < -0.3 is 10.0 Å². The first-order chi connectivity index (χ1) is 9.58. The Morgan fingerprint density at radius 1 is 1.30 bits per heavy atom. The van der Waals surface area contributed by atoms with Crippen molar-refractivity contribution in [1.29, 1.82) is 0 Å². The predicted octanol–water partition coefficient (Wildman–Crippen LogP) is 2.16. The molecule has 0 unspecified atom stereocenters. The molecule has 1 heterocycles. The van der Waals surface area contributed by atoms with E-state index >= 15 is 0 Å². The van der Waals surface area contributed by atoms with E-state index in [9.17, 15) is 9.59 Å². The van der Waals surface area contributed by atoms with Crippen molar-refractivity contribution in [2.75, 3.05) is 13.6 Å². The summed E-state index contributed by atoms with van der Waals surface area (Å²) in [7, 11) is 1.69. The average Bonchev–Trinajstić information content (AvgIpc) is 2.95. The summed E-state index contributed by atoms with van der Waals surface area (Å²) in [6.07, 6.45) is 0.750. The summed E-state index contributed by atoms with van der Waals surface area (Å²) >= 11 is 1.05. The lowest BCUT2D eigenvalue weighted by atomic mass is 10.1. The number of benzene rings is 1. The standard InChI is InChI=1S/C14H14N2O3S/c1-16(8-7-10-5-3-2-4-6-10)13(17)12-15-11(9-20-12)14(18)19/h2-6,9H,7-8H2,1H3,(H,18,19). The van der Waals surface area contributed by atoms with Gasteiger partial charge in [0.05, 0.1) is 0 Å². The smallest absolute Gasteiger partial charge is 0.355 e. The van der Waals surface area contributed by atoms with Gasteiger partial charge in [0.2, 0.25) is 0 Å². The van der Waals surface area contributed by atoms with Gasteiger partial charge in [-0.2, -0.15) is 0 Å². The van der Waals surface area contributed by atoms with E-state index in [0.29, 0.717) is 6.54 Å². The first kappa shape index (κ1) is 14.2. The number of carboxylic acids is 1.